The van der Waals surface area contributed by atoms with E-state index in [4.69, 9.17) is 54.0 Å². The maximum Gasteiger partial charge on any atom is 0.246 e. The summed E-state index contributed by atoms with van der Waals surface area (Å²) in [5, 5.41) is 8.26. The van der Waals surface area contributed by atoms with Crippen LogP contribution in [0.1, 0.15) is 40.6 Å². The van der Waals surface area contributed by atoms with Crippen molar-refractivity contribution in [3.8, 4) is 0 Å². The van der Waals surface area contributed by atoms with Gasteiger partial charge in [0.2, 0.25) is 5.91 Å². The Kier molecular flexibility index (Phi) is 14.4. The van der Waals surface area contributed by atoms with Gasteiger partial charge in [-0.25, -0.2) is 4.98 Å². The Morgan fingerprint density at radius 2 is 1.30 bits per heavy atom. The molecule has 294 valence electrons. The van der Waals surface area contributed by atoms with Crippen molar-refractivity contribution in [2.75, 3.05) is 38.4 Å². The van der Waals surface area contributed by atoms with Crippen molar-refractivity contribution < 1.29 is 19.0 Å². The average molecular weight is 1020 g/mol. The fourth-order valence-electron chi connectivity index (χ4n) is 6.60. The SMILES string of the molecule is Clc1ccccc1C1COCC(Nc2ccc(Br)cc2Br)=N1.Clc1ccccc1C1COCc2nc3ccc(Br)cc3n21.O=C1COCC(c2ccccc2Cl)N1. The number of hydrogen-bond acceptors (Lipinski definition) is 7. The Bertz CT molecular complexity index is 2410. The summed E-state index contributed by atoms with van der Waals surface area (Å²) in [6.07, 6.45) is 0. The van der Waals surface area contributed by atoms with E-state index >= 15 is 0 Å². The van der Waals surface area contributed by atoms with Gasteiger partial charge in [-0.15, -0.1) is 0 Å². The number of aliphatic imine (C=N–C) groups is 1. The third kappa shape index (κ3) is 10.5. The molecule has 3 unspecified atom stereocenters. The molecule has 0 saturated carbocycles. The monoisotopic (exact) mass is 1010 g/mol. The summed E-state index contributed by atoms with van der Waals surface area (Å²) in [4.78, 5) is 20.5. The van der Waals surface area contributed by atoms with Gasteiger partial charge in [0.25, 0.3) is 0 Å². The molecule has 9 rings (SSSR count). The highest BCUT2D eigenvalue weighted by molar-refractivity contribution is 9.11. The van der Waals surface area contributed by atoms with Gasteiger partial charge in [0.1, 0.15) is 37.5 Å². The van der Waals surface area contributed by atoms with E-state index < -0.39 is 0 Å². The van der Waals surface area contributed by atoms with E-state index in [1.54, 1.807) is 6.07 Å². The van der Waals surface area contributed by atoms with E-state index in [-0.39, 0.29) is 30.6 Å². The van der Waals surface area contributed by atoms with E-state index in [9.17, 15) is 4.79 Å². The van der Waals surface area contributed by atoms with Gasteiger partial charge in [0.05, 0.1) is 48.6 Å². The van der Waals surface area contributed by atoms with E-state index in [0.717, 1.165) is 63.5 Å². The number of amides is 1. The zero-order valence-corrected chi connectivity index (χ0v) is 37.1. The molecule has 3 atom stereocenters. The molecule has 0 aliphatic carbocycles. The molecule has 3 aliphatic rings. The van der Waals surface area contributed by atoms with Gasteiger partial charge in [-0.1, -0.05) is 121 Å². The maximum absolute atomic E-state index is 11.1. The van der Waals surface area contributed by atoms with Gasteiger partial charge >= 0.3 is 0 Å². The number of amidine groups is 1. The summed E-state index contributed by atoms with van der Waals surface area (Å²) in [6, 6.07) is 35.0. The Morgan fingerprint density at radius 3 is 1.98 bits per heavy atom. The number of nitrogens with zero attached hydrogens (tertiary/aromatic N) is 3. The highest BCUT2D eigenvalue weighted by Gasteiger charge is 2.27. The van der Waals surface area contributed by atoms with Gasteiger partial charge in [-0.05, 0) is 87.2 Å². The molecule has 15 heteroatoms. The quantitative estimate of drug-likeness (QED) is 0.183. The minimum Gasteiger partial charge on any atom is -0.371 e. The molecule has 4 heterocycles. The first-order valence-electron chi connectivity index (χ1n) is 17.9. The van der Waals surface area contributed by atoms with E-state index in [0.29, 0.717) is 43.1 Å². The van der Waals surface area contributed by atoms with E-state index in [2.05, 4.69) is 80.1 Å². The van der Waals surface area contributed by atoms with Crippen molar-refractivity contribution in [3.63, 3.8) is 0 Å². The lowest BCUT2D eigenvalue weighted by atomic mass is 10.1. The number of nitrogens with one attached hydrogen (secondary N) is 2. The summed E-state index contributed by atoms with van der Waals surface area (Å²) in [6.45, 7) is 2.76. The lowest BCUT2D eigenvalue weighted by molar-refractivity contribution is -0.131. The van der Waals surface area contributed by atoms with Gasteiger partial charge in [0.15, 0.2) is 0 Å². The third-order valence-electron chi connectivity index (χ3n) is 9.24. The molecule has 1 aromatic heterocycles. The molecule has 1 saturated heterocycles. The standard InChI is InChI=1S/C16H13Br2ClN2O.C16H12BrClN2O.C10H10ClNO2/c17-10-5-6-14(12(18)7-10)20-16-9-22-8-15(21-16)11-3-1-2-4-13(11)19;17-10-5-6-13-14(7-10)20-15(8-21-9-16(20)19-13)11-3-1-2-4-12(11)18;11-8-4-2-1-3-7(8)9-5-14-6-10(13)12-9/h1-7,15H,8-9H2,(H,20,21);1-7,15H,8-9H2;1-4,9H,5-6H2,(H,12,13). The fraction of sp³-hybridized carbons (Fsp3) is 0.214. The molecule has 5 aromatic carbocycles. The molecule has 1 fully saturated rings. The summed E-state index contributed by atoms with van der Waals surface area (Å²) in [7, 11) is 0. The van der Waals surface area contributed by atoms with E-state index in [1.165, 1.54) is 0 Å². The Hall–Kier alpha value is -3.30. The van der Waals surface area contributed by atoms with Crippen molar-refractivity contribution in [2.45, 2.75) is 24.7 Å². The molecule has 0 bridgehead atoms. The second-order valence-corrected chi connectivity index (χ2v) is 17.0. The number of carbonyl (C=O) groups excluding carboxylic acids is 1. The van der Waals surface area contributed by atoms with Crippen LogP contribution in [0.3, 0.4) is 0 Å². The number of imidazole rings is 1. The summed E-state index contributed by atoms with van der Waals surface area (Å²) >= 11 is 29.1. The Morgan fingerprint density at radius 1 is 0.684 bits per heavy atom. The van der Waals surface area contributed by atoms with Crippen molar-refractivity contribution >= 4 is 111 Å². The van der Waals surface area contributed by atoms with Crippen LogP contribution < -0.4 is 10.6 Å². The molecule has 0 radical (unpaired) electrons. The Labute approximate surface area is 370 Å². The van der Waals surface area contributed by atoms with Crippen LogP contribution >= 0.6 is 82.6 Å². The van der Waals surface area contributed by atoms with Gasteiger partial charge < -0.3 is 29.4 Å². The first-order chi connectivity index (χ1) is 27.6. The van der Waals surface area contributed by atoms with Crippen molar-refractivity contribution in [1.82, 2.24) is 14.9 Å². The topological polar surface area (TPSA) is 99.0 Å². The number of fused-ring (bicyclic) bond motifs is 3. The van der Waals surface area contributed by atoms with Crippen LogP contribution in [0.2, 0.25) is 15.1 Å². The summed E-state index contributed by atoms with van der Waals surface area (Å²) in [5.74, 6) is 1.64. The lowest BCUT2D eigenvalue weighted by Gasteiger charge is -2.27. The van der Waals surface area contributed by atoms with Crippen LogP contribution in [0.5, 0.6) is 0 Å². The highest BCUT2D eigenvalue weighted by atomic mass is 79.9. The molecule has 9 nitrogen and oxygen atoms in total. The number of carbonyl (C=O) groups is 1. The first-order valence-corrected chi connectivity index (χ1v) is 21.4. The minimum atomic E-state index is -0.120. The number of ether oxygens (including phenoxy) is 3. The largest absolute Gasteiger partial charge is 0.371 e. The predicted octanol–water partition coefficient (Wildman–Crippen LogP) is 11.5. The maximum atomic E-state index is 11.1. The lowest BCUT2D eigenvalue weighted by Crippen LogP contribution is -2.39. The number of benzene rings is 5. The number of anilines is 1. The van der Waals surface area contributed by atoms with Gasteiger partial charge in [0, 0.05) is 28.5 Å². The fourth-order valence-corrected chi connectivity index (χ4v) is 8.88. The molecule has 6 aromatic rings. The van der Waals surface area contributed by atoms with Crippen LogP contribution in [-0.4, -0.2) is 54.3 Å². The first kappa shape index (κ1) is 41.8. The third-order valence-corrected chi connectivity index (χ3v) is 11.9. The zero-order chi connectivity index (χ0) is 39.9. The number of morpholine rings is 1. The van der Waals surface area contributed by atoms with Crippen molar-refractivity contribution in [2.24, 2.45) is 4.99 Å². The Balaban J connectivity index is 0.000000134. The second-order valence-electron chi connectivity index (χ2n) is 13.1. The average Bonchev–Trinajstić information content (AvgIpc) is 3.58. The predicted molar refractivity (Wildman–Crippen MR) is 238 cm³/mol. The zero-order valence-electron chi connectivity index (χ0n) is 30.1. The van der Waals surface area contributed by atoms with Gasteiger partial charge in [-0.2, -0.15) is 0 Å². The number of rotatable bonds is 4. The summed E-state index contributed by atoms with van der Waals surface area (Å²) in [5.41, 5.74) is 5.99. The normalized spacial score (nSPS) is 18.9. The van der Waals surface area contributed by atoms with Crippen LogP contribution in [-0.2, 0) is 25.6 Å². The molecule has 2 N–H and O–H groups in total. The second kappa shape index (κ2) is 19.6. The molecular formula is C42H35Br3Cl3N5O4. The molecule has 1 amide bonds. The molecule has 3 aliphatic heterocycles. The van der Waals surface area contributed by atoms with Crippen molar-refractivity contribution in [1.29, 1.82) is 0 Å². The van der Waals surface area contributed by atoms with Crippen LogP contribution in [0.25, 0.3) is 11.0 Å². The van der Waals surface area contributed by atoms with E-state index in [1.807, 2.05) is 91.0 Å². The minimum absolute atomic E-state index is 0.0572. The summed E-state index contributed by atoms with van der Waals surface area (Å²) < 4.78 is 21.8. The smallest absolute Gasteiger partial charge is 0.246 e. The molecule has 0 spiro atoms. The van der Waals surface area contributed by atoms with Crippen LogP contribution in [0.15, 0.2) is 128 Å². The van der Waals surface area contributed by atoms with Crippen LogP contribution in [0, 0.1) is 0 Å². The number of halogens is 6. The van der Waals surface area contributed by atoms with Crippen molar-refractivity contribution in [3.05, 3.63) is 160 Å². The highest BCUT2D eigenvalue weighted by Crippen LogP contribution is 2.35. The van der Waals surface area contributed by atoms with Crippen LogP contribution in [0.4, 0.5) is 5.69 Å². The molecular weight excluding hydrogens is 985 g/mol. The van der Waals surface area contributed by atoms with Gasteiger partial charge in [-0.3, -0.25) is 9.79 Å². The molecule has 57 heavy (non-hydrogen) atoms. The number of aromatic nitrogens is 2. The number of hydrogen-bond donors (Lipinski definition) is 2.